The number of amides is 2. The number of fused-ring (bicyclic) bond motifs is 1. The van der Waals surface area contributed by atoms with E-state index >= 15 is 4.39 Å². The number of aliphatic hydroxyl groups excluding tert-OH is 1. The Morgan fingerprint density at radius 1 is 1.13 bits per heavy atom. The molecular formula is C32H32FN9O3. The zero-order valence-corrected chi connectivity index (χ0v) is 25.4. The van der Waals surface area contributed by atoms with Crippen LogP contribution in [-0.4, -0.2) is 49.1 Å². The molecule has 0 atom stereocenters. The molecule has 0 radical (unpaired) electrons. The van der Waals surface area contributed by atoms with Crippen LogP contribution in [-0.2, 0) is 5.54 Å². The molecule has 0 unspecified atom stereocenters. The summed E-state index contributed by atoms with van der Waals surface area (Å²) < 4.78 is 17.9. The number of aliphatic hydroxyl groups is 1. The molecule has 0 bridgehead atoms. The molecule has 3 heterocycles. The molecule has 5 aromatic rings. The third-order valence-electron chi connectivity index (χ3n) is 7.26. The number of aromatic nitrogens is 5. The van der Waals surface area contributed by atoms with Gasteiger partial charge in [0.15, 0.2) is 0 Å². The fraction of sp³-hybridized carbons (Fsp3) is 0.250. The molecule has 0 spiro atoms. The van der Waals surface area contributed by atoms with Crippen molar-refractivity contribution >= 4 is 34.5 Å². The Bertz CT molecular complexity index is 2030. The standard InChI is InChI=1S/C32H32FN9O3/c1-18(2)25-14-27(42(40-25)22-8-6-7-19(11-22)15-34)38-31(45)37-26-13-20(9-10-24(26)33)23-12-21-16-36-30(35-5)39-28(21)41(29(23)44)32(3,4)17-43/h6-14,16,18,43H,17H2,1-5H3,(H,35,36,39)(H2,37,38,45). The molecule has 3 aromatic heterocycles. The van der Waals surface area contributed by atoms with Gasteiger partial charge < -0.3 is 15.7 Å². The van der Waals surface area contributed by atoms with Crippen LogP contribution in [0.15, 0.2) is 65.6 Å². The highest BCUT2D eigenvalue weighted by Crippen LogP contribution is 2.28. The minimum absolute atomic E-state index is 0.0418. The van der Waals surface area contributed by atoms with Crippen LogP contribution < -0.4 is 21.5 Å². The summed E-state index contributed by atoms with van der Waals surface area (Å²) >= 11 is 0. The number of nitriles is 1. The minimum Gasteiger partial charge on any atom is -0.394 e. The Morgan fingerprint density at radius 3 is 2.60 bits per heavy atom. The molecule has 0 fully saturated rings. The summed E-state index contributed by atoms with van der Waals surface area (Å²) in [5.41, 5.74) is 0.876. The summed E-state index contributed by atoms with van der Waals surface area (Å²) in [5, 5.41) is 32.7. The molecule has 2 amide bonds. The van der Waals surface area contributed by atoms with Crippen molar-refractivity contribution in [3.63, 3.8) is 0 Å². The SMILES string of the molecule is CNc1ncc2cc(-c3ccc(F)c(NC(=O)Nc4cc(C(C)C)nn4-c4cccc(C#N)c4)c3)c(=O)n(C(C)(C)CO)c2n1. The molecule has 4 N–H and O–H groups in total. The fourth-order valence-electron chi connectivity index (χ4n) is 4.79. The highest BCUT2D eigenvalue weighted by Gasteiger charge is 2.26. The Balaban J connectivity index is 1.52. The van der Waals surface area contributed by atoms with Crippen molar-refractivity contribution in [2.75, 3.05) is 29.6 Å². The number of nitrogens with zero attached hydrogens (tertiary/aromatic N) is 6. The zero-order valence-electron chi connectivity index (χ0n) is 25.4. The zero-order chi connectivity index (χ0) is 32.5. The van der Waals surface area contributed by atoms with Gasteiger partial charge in [0.25, 0.3) is 5.56 Å². The van der Waals surface area contributed by atoms with E-state index in [1.165, 1.54) is 21.4 Å². The quantitative estimate of drug-likeness (QED) is 0.187. The van der Waals surface area contributed by atoms with Gasteiger partial charge in [0.05, 0.1) is 40.8 Å². The van der Waals surface area contributed by atoms with Gasteiger partial charge in [-0.1, -0.05) is 26.0 Å². The molecular weight excluding hydrogens is 577 g/mol. The summed E-state index contributed by atoms with van der Waals surface area (Å²) in [4.78, 5) is 35.8. The van der Waals surface area contributed by atoms with Gasteiger partial charge in [-0.15, -0.1) is 0 Å². The molecule has 0 aliphatic heterocycles. The second-order valence-electron chi connectivity index (χ2n) is 11.3. The van der Waals surface area contributed by atoms with E-state index in [9.17, 15) is 20.0 Å². The number of carbonyl (C=O) groups excluding carboxylic acids is 1. The number of hydrogen-bond acceptors (Lipinski definition) is 8. The lowest BCUT2D eigenvalue weighted by atomic mass is 10.0. The van der Waals surface area contributed by atoms with Crippen molar-refractivity contribution in [3.05, 3.63) is 88.2 Å². The predicted octanol–water partition coefficient (Wildman–Crippen LogP) is 5.19. The lowest BCUT2D eigenvalue weighted by molar-refractivity contribution is 0.164. The number of halogens is 1. The van der Waals surface area contributed by atoms with Gasteiger partial charge in [0.2, 0.25) is 5.95 Å². The van der Waals surface area contributed by atoms with E-state index in [2.05, 4.69) is 37.1 Å². The molecule has 0 aliphatic carbocycles. The van der Waals surface area contributed by atoms with E-state index < -0.39 is 22.9 Å². The van der Waals surface area contributed by atoms with E-state index in [1.807, 2.05) is 13.8 Å². The maximum absolute atomic E-state index is 15.0. The van der Waals surface area contributed by atoms with E-state index in [4.69, 9.17) is 0 Å². The summed E-state index contributed by atoms with van der Waals surface area (Å²) in [6.45, 7) is 6.96. The predicted molar refractivity (Wildman–Crippen MR) is 170 cm³/mol. The van der Waals surface area contributed by atoms with Gasteiger partial charge >= 0.3 is 6.03 Å². The van der Waals surface area contributed by atoms with Crippen molar-refractivity contribution in [2.45, 2.75) is 39.2 Å². The maximum atomic E-state index is 15.0. The molecule has 0 aliphatic rings. The van der Waals surface area contributed by atoms with Crippen molar-refractivity contribution in [3.8, 4) is 22.9 Å². The first-order chi connectivity index (χ1) is 21.4. The first-order valence-corrected chi connectivity index (χ1v) is 14.2. The third-order valence-corrected chi connectivity index (χ3v) is 7.26. The van der Waals surface area contributed by atoms with E-state index in [1.54, 1.807) is 63.5 Å². The molecule has 230 valence electrons. The molecule has 2 aromatic carbocycles. The Kier molecular flexibility index (Phi) is 8.34. The van der Waals surface area contributed by atoms with E-state index in [-0.39, 0.29) is 23.8 Å². The minimum atomic E-state index is -1.03. The smallest absolute Gasteiger partial charge is 0.324 e. The van der Waals surface area contributed by atoms with Crippen LogP contribution in [0.25, 0.3) is 27.8 Å². The second kappa shape index (κ2) is 12.2. The molecule has 12 nitrogen and oxygen atoms in total. The van der Waals surface area contributed by atoms with Crippen LogP contribution in [0.1, 0.15) is 44.9 Å². The van der Waals surface area contributed by atoms with Crippen LogP contribution >= 0.6 is 0 Å². The van der Waals surface area contributed by atoms with Gasteiger partial charge in [0, 0.05) is 30.3 Å². The molecule has 0 saturated carbocycles. The van der Waals surface area contributed by atoms with E-state index in [0.717, 1.165) is 6.07 Å². The Morgan fingerprint density at radius 2 is 1.91 bits per heavy atom. The number of carbonyl (C=O) groups is 1. The number of nitrogens with one attached hydrogen (secondary N) is 3. The number of anilines is 3. The van der Waals surface area contributed by atoms with Crippen molar-refractivity contribution in [1.82, 2.24) is 24.3 Å². The topological polar surface area (TPSA) is 163 Å². The van der Waals surface area contributed by atoms with Crippen molar-refractivity contribution < 1.29 is 14.3 Å². The number of hydrogen-bond donors (Lipinski definition) is 4. The monoisotopic (exact) mass is 609 g/mol. The second-order valence-corrected chi connectivity index (χ2v) is 11.3. The van der Waals surface area contributed by atoms with E-state index in [0.29, 0.717) is 45.3 Å². The third kappa shape index (κ3) is 6.09. The molecule has 13 heteroatoms. The summed E-state index contributed by atoms with van der Waals surface area (Å²) in [5.74, 6) is -0.0607. The molecule has 5 rings (SSSR count). The van der Waals surface area contributed by atoms with Crippen LogP contribution in [0.2, 0.25) is 0 Å². The lowest BCUT2D eigenvalue weighted by Gasteiger charge is -2.27. The van der Waals surface area contributed by atoms with Crippen molar-refractivity contribution in [1.29, 1.82) is 5.26 Å². The molecule has 45 heavy (non-hydrogen) atoms. The lowest BCUT2D eigenvalue weighted by Crippen LogP contribution is -2.40. The van der Waals surface area contributed by atoms with Gasteiger partial charge in [-0.2, -0.15) is 15.3 Å². The summed E-state index contributed by atoms with van der Waals surface area (Å²) in [6, 6.07) is 15.4. The fourth-order valence-corrected chi connectivity index (χ4v) is 4.79. The highest BCUT2D eigenvalue weighted by atomic mass is 19.1. The normalized spacial score (nSPS) is 11.4. The average molecular weight is 610 g/mol. The number of pyridine rings is 1. The average Bonchev–Trinajstić information content (AvgIpc) is 3.45. The maximum Gasteiger partial charge on any atom is 0.324 e. The van der Waals surface area contributed by atoms with Crippen LogP contribution in [0, 0.1) is 17.1 Å². The van der Waals surface area contributed by atoms with Crippen LogP contribution in [0.5, 0.6) is 0 Å². The first kappa shape index (κ1) is 30.8. The first-order valence-electron chi connectivity index (χ1n) is 14.2. The number of benzene rings is 2. The molecule has 0 saturated heterocycles. The van der Waals surface area contributed by atoms with Gasteiger partial charge in [-0.3, -0.25) is 14.7 Å². The Labute approximate surface area is 258 Å². The number of rotatable bonds is 8. The van der Waals surface area contributed by atoms with Crippen LogP contribution in [0.4, 0.5) is 26.6 Å². The summed E-state index contributed by atoms with van der Waals surface area (Å²) in [7, 11) is 1.65. The summed E-state index contributed by atoms with van der Waals surface area (Å²) in [6.07, 6.45) is 1.55. The number of urea groups is 1. The largest absolute Gasteiger partial charge is 0.394 e. The van der Waals surface area contributed by atoms with Crippen molar-refractivity contribution in [2.24, 2.45) is 0 Å². The van der Waals surface area contributed by atoms with Crippen LogP contribution in [0.3, 0.4) is 0 Å². The van der Waals surface area contributed by atoms with Gasteiger partial charge in [-0.05, 0) is 61.7 Å². The highest BCUT2D eigenvalue weighted by molar-refractivity contribution is 6.00. The Hall–Kier alpha value is -5.61. The van der Waals surface area contributed by atoms with Gasteiger partial charge in [-0.25, -0.2) is 18.9 Å². The van der Waals surface area contributed by atoms with Gasteiger partial charge in [0.1, 0.15) is 17.3 Å².